The number of aliphatic hydroxyl groups excluding tert-OH is 1. The number of hydrogen-bond donors (Lipinski definition) is 2. The third-order valence-corrected chi connectivity index (χ3v) is 6.20. The predicted molar refractivity (Wildman–Crippen MR) is 151 cm³/mol. The van der Waals surface area contributed by atoms with E-state index in [2.05, 4.69) is 9.88 Å². The Labute approximate surface area is 235 Å². The van der Waals surface area contributed by atoms with Gasteiger partial charge in [0.05, 0.1) is 0 Å². The largest absolute Gasteiger partial charge is 0.478 e. The Hall–Kier alpha value is -2.78. The number of aromatic nitrogens is 1. The fourth-order valence-electron chi connectivity index (χ4n) is 4.43. The van der Waals surface area contributed by atoms with Crippen LogP contribution in [0, 0.1) is 11.6 Å². The molecule has 0 amide bonds. The van der Waals surface area contributed by atoms with E-state index in [4.69, 9.17) is 5.11 Å². The number of carboxylic acid groups (broad SMARTS) is 1. The first-order chi connectivity index (χ1) is 17.4. The molecule has 0 spiro atoms. The molecule has 0 saturated carbocycles. The number of aliphatic hydroxyl groups is 1. The van der Waals surface area contributed by atoms with Gasteiger partial charge in [-0.05, 0) is 73.8 Å². The molecule has 2 heterocycles. The predicted octanol–water partition coefficient (Wildman–Crippen LogP) is 5.63. The highest BCUT2D eigenvalue weighted by atomic mass is 35.5. The summed E-state index contributed by atoms with van der Waals surface area (Å²) in [7, 11) is 0. The van der Waals surface area contributed by atoms with Crippen molar-refractivity contribution in [1.82, 2.24) is 9.88 Å². The molecule has 2 N–H and O–H groups in total. The third kappa shape index (κ3) is 9.51. The van der Waals surface area contributed by atoms with Gasteiger partial charge in [-0.25, -0.2) is 18.6 Å². The molecule has 1 aliphatic rings. The number of halogens is 4. The number of carboxylic acids is 1. The summed E-state index contributed by atoms with van der Waals surface area (Å²) in [6.07, 6.45) is 3.42. The Balaban J connectivity index is 0.00000138. The zero-order valence-corrected chi connectivity index (χ0v) is 22.9. The highest BCUT2D eigenvalue weighted by molar-refractivity contribution is 5.93. The third-order valence-electron chi connectivity index (χ3n) is 6.20. The Morgan fingerprint density at radius 1 is 0.921 bits per heavy atom. The molecule has 38 heavy (non-hydrogen) atoms. The average Bonchev–Trinajstić information content (AvgIpc) is 2.89. The summed E-state index contributed by atoms with van der Waals surface area (Å²) in [6, 6.07) is 16.3. The van der Waals surface area contributed by atoms with E-state index in [1.807, 2.05) is 4.90 Å². The highest BCUT2D eigenvalue weighted by Crippen LogP contribution is 2.30. The number of carbonyl (C=O) groups is 1. The van der Waals surface area contributed by atoms with Gasteiger partial charge in [0.2, 0.25) is 0 Å². The van der Waals surface area contributed by atoms with E-state index in [0.717, 1.165) is 56.7 Å². The number of nitrogens with zero attached hydrogens (tertiary/aromatic N) is 3. The van der Waals surface area contributed by atoms with Crippen LogP contribution in [0.3, 0.4) is 0 Å². The monoisotopic (exact) mass is 569 g/mol. The Bertz CT molecular complexity index is 1050. The van der Waals surface area contributed by atoms with Crippen molar-refractivity contribution in [3.8, 4) is 0 Å². The Kier molecular flexibility index (Phi) is 14.8. The zero-order valence-electron chi connectivity index (χ0n) is 21.3. The molecule has 0 radical (unpaired) electrons. The van der Waals surface area contributed by atoms with Crippen molar-refractivity contribution in [2.45, 2.75) is 25.7 Å². The zero-order chi connectivity index (χ0) is 25.9. The van der Waals surface area contributed by atoms with Gasteiger partial charge in [-0.15, -0.1) is 24.8 Å². The molecule has 1 aliphatic heterocycles. The second kappa shape index (κ2) is 16.9. The van der Waals surface area contributed by atoms with Crippen LogP contribution in [0.15, 0.2) is 66.9 Å². The minimum absolute atomic E-state index is 0. The maximum atomic E-state index is 13.4. The quantitative estimate of drug-likeness (QED) is 0.366. The van der Waals surface area contributed by atoms with Gasteiger partial charge in [0.15, 0.2) is 0 Å². The summed E-state index contributed by atoms with van der Waals surface area (Å²) in [5, 5.41) is 17.0. The van der Waals surface area contributed by atoms with Crippen LogP contribution in [0.5, 0.6) is 0 Å². The summed E-state index contributed by atoms with van der Waals surface area (Å²) >= 11 is 0. The highest BCUT2D eigenvalue weighted by Gasteiger charge is 2.22. The van der Waals surface area contributed by atoms with Crippen molar-refractivity contribution in [3.05, 3.63) is 95.2 Å². The number of piperazine rings is 1. The molecule has 1 fully saturated rings. The van der Waals surface area contributed by atoms with Crippen molar-refractivity contribution < 1.29 is 23.8 Å². The minimum Gasteiger partial charge on any atom is -0.478 e. The molecule has 2 aromatic carbocycles. The van der Waals surface area contributed by atoms with E-state index < -0.39 is 5.97 Å². The maximum absolute atomic E-state index is 13.4. The second-order valence-corrected chi connectivity index (χ2v) is 8.62. The first-order valence-corrected chi connectivity index (χ1v) is 12.2. The van der Waals surface area contributed by atoms with Gasteiger partial charge in [0.25, 0.3) is 0 Å². The fraction of sp³-hybridized carbons (Fsp3) is 0.357. The van der Waals surface area contributed by atoms with Crippen LogP contribution in [-0.4, -0.2) is 65.4 Å². The number of anilines is 1. The maximum Gasteiger partial charge on any atom is 0.339 e. The minimum atomic E-state index is -0.965. The van der Waals surface area contributed by atoms with E-state index in [-0.39, 0.29) is 54.5 Å². The van der Waals surface area contributed by atoms with E-state index in [1.54, 1.807) is 49.5 Å². The molecule has 0 unspecified atom stereocenters. The average molecular weight is 571 g/mol. The molecule has 0 bridgehead atoms. The van der Waals surface area contributed by atoms with Gasteiger partial charge in [-0.1, -0.05) is 24.3 Å². The standard InChI is InChI=1S/C26H27F2N3O2.C2H6O.2ClH/c27-21-9-5-19(6-10-21)23(20-7-11-22(28)12-8-20)4-2-14-30-15-17-31(18-16-30)25-24(26(32)33)3-1-13-29-25;1-2-3;;/h1,3,5-13,23H,2,4,14-18H2,(H,32,33);3H,2H2,1H3;2*1H. The van der Waals surface area contributed by atoms with E-state index >= 15 is 0 Å². The van der Waals surface area contributed by atoms with Gasteiger partial charge < -0.3 is 15.1 Å². The van der Waals surface area contributed by atoms with Gasteiger partial charge in [0, 0.05) is 44.9 Å². The topological polar surface area (TPSA) is 76.9 Å². The van der Waals surface area contributed by atoms with Crippen LogP contribution in [0.2, 0.25) is 0 Å². The SMILES string of the molecule is CCO.Cl.Cl.O=C(O)c1cccnc1N1CCN(CCCC(c2ccc(F)cc2)c2ccc(F)cc2)CC1. The summed E-state index contributed by atoms with van der Waals surface area (Å²) < 4.78 is 26.9. The van der Waals surface area contributed by atoms with Crippen LogP contribution in [0.25, 0.3) is 0 Å². The number of rotatable bonds is 8. The molecule has 4 rings (SSSR count). The molecular weight excluding hydrogens is 535 g/mol. The number of aromatic carboxylic acids is 1. The lowest BCUT2D eigenvalue weighted by Crippen LogP contribution is -2.47. The molecule has 6 nitrogen and oxygen atoms in total. The molecule has 208 valence electrons. The molecule has 10 heteroatoms. The van der Waals surface area contributed by atoms with E-state index in [0.29, 0.717) is 5.82 Å². The summed E-state index contributed by atoms with van der Waals surface area (Å²) in [4.78, 5) is 20.2. The first-order valence-electron chi connectivity index (χ1n) is 12.2. The number of pyridine rings is 1. The first kappa shape index (κ1) is 33.2. The second-order valence-electron chi connectivity index (χ2n) is 8.62. The molecule has 0 aliphatic carbocycles. The fourth-order valence-corrected chi connectivity index (χ4v) is 4.43. The van der Waals surface area contributed by atoms with Crippen LogP contribution in [-0.2, 0) is 0 Å². The van der Waals surface area contributed by atoms with Gasteiger partial charge in [-0.3, -0.25) is 4.90 Å². The number of benzene rings is 2. The van der Waals surface area contributed by atoms with E-state index in [1.165, 1.54) is 24.3 Å². The Morgan fingerprint density at radius 2 is 1.42 bits per heavy atom. The molecular formula is C28H35Cl2F2N3O3. The van der Waals surface area contributed by atoms with Crippen molar-refractivity contribution >= 4 is 36.6 Å². The van der Waals surface area contributed by atoms with Crippen molar-refractivity contribution in [1.29, 1.82) is 0 Å². The molecule has 1 aromatic heterocycles. The van der Waals surface area contributed by atoms with Crippen molar-refractivity contribution in [2.24, 2.45) is 0 Å². The summed E-state index contributed by atoms with van der Waals surface area (Å²) in [5.41, 5.74) is 2.26. The van der Waals surface area contributed by atoms with Gasteiger partial charge >= 0.3 is 5.97 Å². The van der Waals surface area contributed by atoms with Gasteiger partial charge in [0.1, 0.15) is 23.0 Å². The lowest BCUT2D eigenvalue weighted by Gasteiger charge is -2.36. The van der Waals surface area contributed by atoms with Crippen molar-refractivity contribution in [3.63, 3.8) is 0 Å². The normalized spacial score (nSPS) is 13.1. The molecule has 3 aromatic rings. The molecule has 1 saturated heterocycles. The van der Waals surface area contributed by atoms with Crippen LogP contribution >= 0.6 is 24.8 Å². The van der Waals surface area contributed by atoms with Crippen molar-refractivity contribution in [2.75, 3.05) is 44.2 Å². The van der Waals surface area contributed by atoms with Crippen LogP contribution in [0.4, 0.5) is 14.6 Å². The van der Waals surface area contributed by atoms with E-state index in [9.17, 15) is 18.7 Å². The van der Waals surface area contributed by atoms with Crippen LogP contribution < -0.4 is 4.90 Å². The summed E-state index contributed by atoms with van der Waals surface area (Å²) in [6.45, 7) is 5.93. The molecule has 0 atom stereocenters. The van der Waals surface area contributed by atoms with Crippen LogP contribution in [0.1, 0.15) is 47.2 Å². The summed E-state index contributed by atoms with van der Waals surface area (Å²) in [5.74, 6) is -0.911. The Morgan fingerprint density at radius 3 is 1.89 bits per heavy atom. The lowest BCUT2D eigenvalue weighted by molar-refractivity contribution is 0.0697. The van der Waals surface area contributed by atoms with Gasteiger partial charge in [-0.2, -0.15) is 0 Å². The lowest BCUT2D eigenvalue weighted by atomic mass is 9.87. The number of hydrogen-bond acceptors (Lipinski definition) is 5. The smallest absolute Gasteiger partial charge is 0.339 e.